The lowest BCUT2D eigenvalue weighted by Gasteiger charge is -2.33. The van der Waals surface area contributed by atoms with Crippen molar-refractivity contribution in [2.24, 2.45) is 0 Å². The van der Waals surface area contributed by atoms with E-state index in [4.69, 9.17) is 0 Å². The van der Waals surface area contributed by atoms with E-state index in [1.165, 1.54) is 27.8 Å². The van der Waals surface area contributed by atoms with Crippen molar-refractivity contribution in [3.8, 4) is 0 Å². The van der Waals surface area contributed by atoms with Crippen molar-refractivity contribution in [1.29, 1.82) is 0 Å². The lowest BCUT2D eigenvalue weighted by atomic mass is 9.95. The molecule has 0 aliphatic heterocycles. The van der Waals surface area contributed by atoms with Crippen LogP contribution in [0.2, 0.25) is 0 Å². The molecule has 7 nitrogen and oxygen atoms in total. The molecule has 0 bridgehead atoms. The van der Waals surface area contributed by atoms with Gasteiger partial charge in [0, 0.05) is 12.6 Å². The maximum atomic E-state index is 14.1. The molecule has 4 rings (SSSR count). The zero-order valence-electron chi connectivity index (χ0n) is 24.0. The molecule has 1 atom stereocenters. The van der Waals surface area contributed by atoms with Crippen LogP contribution < -0.4 is 9.62 Å². The minimum Gasteiger partial charge on any atom is -0.352 e. The molecule has 1 saturated carbocycles. The maximum absolute atomic E-state index is 14.1. The van der Waals surface area contributed by atoms with E-state index in [9.17, 15) is 18.0 Å². The van der Waals surface area contributed by atoms with Gasteiger partial charge in [-0.25, -0.2) is 8.42 Å². The van der Waals surface area contributed by atoms with Gasteiger partial charge in [0.05, 0.1) is 10.6 Å². The molecule has 41 heavy (non-hydrogen) atoms. The van der Waals surface area contributed by atoms with Crippen LogP contribution in [-0.2, 0) is 32.5 Å². The van der Waals surface area contributed by atoms with Gasteiger partial charge in [0.25, 0.3) is 10.0 Å². The van der Waals surface area contributed by atoms with Crippen LogP contribution in [0.3, 0.4) is 0 Å². The topological polar surface area (TPSA) is 86.8 Å². The van der Waals surface area contributed by atoms with Crippen molar-refractivity contribution in [3.05, 3.63) is 96.1 Å². The number of benzene rings is 3. The van der Waals surface area contributed by atoms with Crippen molar-refractivity contribution in [2.75, 3.05) is 17.4 Å². The van der Waals surface area contributed by atoms with Gasteiger partial charge in [-0.05, 0) is 61.9 Å². The zero-order valence-corrected chi connectivity index (χ0v) is 24.9. The molecule has 1 N–H and O–H groups in total. The highest BCUT2D eigenvalue weighted by Crippen LogP contribution is 2.28. The van der Waals surface area contributed by atoms with Crippen molar-refractivity contribution in [2.45, 2.75) is 75.8 Å². The first-order valence-electron chi connectivity index (χ1n) is 14.6. The summed E-state index contributed by atoms with van der Waals surface area (Å²) in [4.78, 5) is 29.2. The zero-order chi connectivity index (χ0) is 29.2. The summed E-state index contributed by atoms with van der Waals surface area (Å²) in [6.07, 6.45) is 6.36. The third-order valence-corrected chi connectivity index (χ3v) is 9.63. The second-order valence-electron chi connectivity index (χ2n) is 10.6. The Morgan fingerprint density at radius 2 is 1.49 bits per heavy atom. The van der Waals surface area contributed by atoms with E-state index >= 15 is 0 Å². The molecule has 0 unspecified atom stereocenters. The van der Waals surface area contributed by atoms with Crippen LogP contribution in [-0.4, -0.2) is 50.3 Å². The first-order chi connectivity index (χ1) is 19.8. The molecule has 3 aromatic rings. The predicted molar refractivity (Wildman–Crippen MR) is 163 cm³/mol. The largest absolute Gasteiger partial charge is 0.352 e. The van der Waals surface area contributed by atoms with Crippen molar-refractivity contribution in [3.63, 3.8) is 0 Å². The number of carbonyl (C=O) groups is 2. The molecule has 0 radical (unpaired) electrons. The van der Waals surface area contributed by atoms with E-state index in [-0.39, 0.29) is 23.4 Å². The molecule has 0 saturated heterocycles. The minimum absolute atomic E-state index is 0.108. The Morgan fingerprint density at radius 1 is 0.878 bits per heavy atom. The number of sulfonamides is 1. The van der Waals surface area contributed by atoms with Crippen LogP contribution in [0.1, 0.15) is 57.1 Å². The highest BCUT2D eigenvalue weighted by Gasteiger charge is 2.33. The van der Waals surface area contributed by atoms with E-state index in [1.807, 2.05) is 49.4 Å². The Bertz CT molecular complexity index is 1390. The quantitative estimate of drug-likeness (QED) is 0.315. The number of nitrogens with one attached hydrogen (secondary N) is 1. The third-order valence-electron chi connectivity index (χ3n) is 7.85. The van der Waals surface area contributed by atoms with Crippen molar-refractivity contribution in [1.82, 2.24) is 10.2 Å². The third kappa shape index (κ3) is 7.76. The smallest absolute Gasteiger partial charge is 0.264 e. The predicted octanol–water partition coefficient (Wildman–Crippen LogP) is 5.35. The van der Waals surface area contributed by atoms with Crippen LogP contribution >= 0.6 is 0 Å². The standard InChI is InChI=1S/C33H41N3O4S/c1-3-28-17-13-14-22-31(28)36(41(39,40)30-20-11-6-12-21-30)25-32(37)35(24-23-27-15-7-4-8-16-27)26(2)33(38)34-29-18-9-5-10-19-29/h4,6-8,11-17,20-22,26,29H,3,5,9-10,18-19,23-25H2,1-2H3,(H,34,38)/t26-/m0/s1. The first kappa shape index (κ1) is 30.3. The van der Waals surface area contributed by atoms with E-state index in [1.54, 1.807) is 37.3 Å². The normalized spacial score (nSPS) is 14.7. The van der Waals surface area contributed by atoms with Gasteiger partial charge >= 0.3 is 0 Å². The van der Waals surface area contributed by atoms with Crippen molar-refractivity contribution >= 4 is 27.5 Å². The number of aryl methyl sites for hydroxylation is 1. The summed E-state index contributed by atoms with van der Waals surface area (Å²) in [5.41, 5.74) is 2.32. The highest BCUT2D eigenvalue weighted by atomic mass is 32.2. The van der Waals surface area contributed by atoms with E-state index in [0.717, 1.165) is 36.8 Å². The van der Waals surface area contributed by atoms with E-state index in [2.05, 4.69) is 5.32 Å². The highest BCUT2D eigenvalue weighted by molar-refractivity contribution is 7.92. The average molecular weight is 576 g/mol. The van der Waals surface area contributed by atoms with Crippen LogP contribution in [0.4, 0.5) is 5.69 Å². The molecule has 3 aromatic carbocycles. The molecule has 0 aromatic heterocycles. The number of rotatable bonds is 12. The molecule has 0 heterocycles. The molecule has 1 aliphatic rings. The molecule has 0 spiro atoms. The second kappa shape index (κ2) is 14.3. The van der Waals surface area contributed by atoms with Gasteiger partial charge in [-0.3, -0.25) is 13.9 Å². The number of carbonyl (C=O) groups excluding carboxylic acids is 2. The number of para-hydroxylation sites is 1. The Kier molecular flexibility index (Phi) is 10.6. The summed E-state index contributed by atoms with van der Waals surface area (Å²) in [5, 5.41) is 3.15. The lowest BCUT2D eigenvalue weighted by molar-refractivity contribution is -0.139. The van der Waals surface area contributed by atoms with Gasteiger partial charge in [0.2, 0.25) is 11.8 Å². The summed E-state index contributed by atoms with van der Waals surface area (Å²) >= 11 is 0. The molecular weight excluding hydrogens is 534 g/mol. The maximum Gasteiger partial charge on any atom is 0.264 e. The molecular formula is C33H41N3O4S. The number of anilines is 1. The van der Waals surface area contributed by atoms with Crippen LogP contribution in [0.15, 0.2) is 89.8 Å². The van der Waals surface area contributed by atoms with Gasteiger partial charge in [-0.1, -0.05) is 92.9 Å². The van der Waals surface area contributed by atoms with Crippen molar-refractivity contribution < 1.29 is 18.0 Å². The van der Waals surface area contributed by atoms with E-state index in [0.29, 0.717) is 18.5 Å². The van der Waals surface area contributed by atoms with Gasteiger partial charge in [0.15, 0.2) is 0 Å². The summed E-state index contributed by atoms with van der Waals surface area (Å²) in [6.45, 7) is 3.57. The number of nitrogens with zero attached hydrogens (tertiary/aromatic N) is 2. The minimum atomic E-state index is -4.07. The lowest BCUT2D eigenvalue weighted by Crippen LogP contribution is -2.53. The van der Waals surface area contributed by atoms with Crippen LogP contribution in [0.25, 0.3) is 0 Å². The Balaban J connectivity index is 1.65. The SMILES string of the molecule is CCc1ccccc1N(CC(=O)N(CCc1ccccc1)[C@@H](C)C(=O)NC1CCCCC1)S(=O)(=O)c1ccccc1. The molecule has 8 heteroatoms. The molecule has 1 fully saturated rings. The second-order valence-corrected chi connectivity index (χ2v) is 12.5. The number of hydrogen-bond acceptors (Lipinski definition) is 4. The van der Waals surface area contributed by atoms with Crippen LogP contribution in [0.5, 0.6) is 0 Å². The van der Waals surface area contributed by atoms with Gasteiger partial charge in [-0.15, -0.1) is 0 Å². The summed E-state index contributed by atoms with van der Waals surface area (Å²) in [5.74, 6) is -0.623. The molecule has 2 amide bonds. The van der Waals surface area contributed by atoms with E-state index < -0.39 is 28.5 Å². The number of hydrogen-bond donors (Lipinski definition) is 1. The average Bonchev–Trinajstić information content (AvgIpc) is 3.01. The Morgan fingerprint density at radius 3 is 2.15 bits per heavy atom. The Hall–Kier alpha value is -3.65. The Labute approximate surface area is 244 Å². The number of amides is 2. The molecule has 218 valence electrons. The molecule has 1 aliphatic carbocycles. The van der Waals surface area contributed by atoms with Gasteiger partial charge in [-0.2, -0.15) is 0 Å². The van der Waals surface area contributed by atoms with Crippen LogP contribution in [0, 0.1) is 0 Å². The summed E-state index contributed by atoms with van der Waals surface area (Å²) < 4.78 is 29.2. The van der Waals surface area contributed by atoms with Gasteiger partial charge < -0.3 is 10.2 Å². The first-order valence-corrected chi connectivity index (χ1v) is 16.0. The van der Waals surface area contributed by atoms with Gasteiger partial charge in [0.1, 0.15) is 12.6 Å². The summed E-state index contributed by atoms with van der Waals surface area (Å²) in [6, 6.07) is 24.6. The summed E-state index contributed by atoms with van der Waals surface area (Å²) in [7, 11) is -4.07. The fourth-order valence-corrected chi connectivity index (χ4v) is 6.90. The monoisotopic (exact) mass is 575 g/mol. The fourth-order valence-electron chi connectivity index (χ4n) is 5.42. The fraction of sp³-hybridized carbons (Fsp3) is 0.394.